The van der Waals surface area contributed by atoms with Crippen molar-refractivity contribution in [3.05, 3.63) is 66.2 Å². The Kier molecular flexibility index (Phi) is 7.38. The number of rotatable bonds is 6. The number of ether oxygens (including phenoxy) is 1. The van der Waals surface area contributed by atoms with E-state index in [0.29, 0.717) is 16.9 Å². The van der Waals surface area contributed by atoms with Gasteiger partial charge in [0.1, 0.15) is 23.9 Å². The molecule has 0 radical (unpaired) electrons. The lowest BCUT2D eigenvalue weighted by molar-refractivity contribution is -0.134. The maximum atomic E-state index is 13.7. The van der Waals surface area contributed by atoms with E-state index in [1.54, 1.807) is 30.3 Å². The summed E-state index contributed by atoms with van der Waals surface area (Å²) in [7, 11) is 0. The van der Waals surface area contributed by atoms with Gasteiger partial charge in [-0.05, 0) is 75.0 Å². The SMILES string of the molecule is CC(=O)NC(=Cc1cc(I)c(OCc2ccccc2F)c(I)c1)C(=O)O. The van der Waals surface area contributed by atoms with Gasteiger partial charge in [0.15, 0.2) is 0 Å². The van der Waals surface area contributed by atoms with Crippen LogP contribution in [0.1, 0.15) is 18.1 Å². The quantitative estimate of drug-likeness (QED) is 0.397. The highest BCUT2D eigenvalue weighted by Gasteiger charge is 2.13. The van der Waals surface area contributed by atoms with Gasteiger partial charge in [-0.15, -0.1) is 0 Å². The minimum absolute atomic E-state index is 0.0835. The minimum Gasteiger partial charge on any atom is -0.487 e. The minimum atomic E-state index is -1.23. The Balaban J connectivity index is 2.26. The lowest BCUT2D eigenvalue weighted by atomic mass is 10.2. The van der Waals surface area contributed by atoms with Crippen molar-refractivity contribution in [2.24, 2.45) is 0 Å². The smallest absolute Gasteiger partial charge is 0.352 e. The predicted molar refractivity (Wildman–Crippen MR) is 112 cm³/mol. The van der Waals surface area contributed by atoms with Crippen molar-refractivity contribution >= 4 is 63.1 Å². The number of aliphatic carboxylic acids is 1. The van der Waals surface area contributed by atoms with Gasteiger partial charge in [0.25, 0.3) is 0 Å². The number of benzene rings is 2. The summed E-state index contributed by atoms with van der Waals surface area (Å²) in [6.07, 6.45) is 1.37. The van der Waals surface area contributed by atoms with E-state index in [4.69, 9.17) is 9.84 Å². The third kappa shape index (κ3) is 5.66. The van der Waals surface area contributed by atoms with Crippen LogP contribution >= 0.6 is 45.2 Å². The average Bonchev–Trinajstić information content (AvgIpc) is 2.54. The zero-order chi connectivity index (χ0) is 19.3. The summed E-state index contributed by atoms with van der Waals surface area (Å²) in [5.74, 6) is -1.44. The molecular weight excluding hydrogens is 567 g/mol. The fourth-order valence-corrected chi connectivity index (χ4v) is 4.20. The number of nitrogens with one attached hydrogen (secondary N) is 1. The number of carboxylic acid groups (broad SMARTS) is 1. The molecule has 0 spiro atoms. The topological polar surface area (TPSA) is 75.6 Å². The van der Waals surface area contributed by atoms with Gasteiger partial charge in [-0.1, -0.05) is 18.2 Å². The van der Waals surface area contributed by atoms with E-state index in [1.165, 1.54) is 19.1 Å². The molecule has 8 heteroatoms. The molecule has 0 saturated heterocycles. The second-order valence-corrected chi connectivity index (χ2v) is 7.56. The molecule has 0 unspecified atom stereocenters. The molecule has 0 aliphatic rings. The van der Waals surface area contributed by atoms with Gasteiger partial charge in [0.2, 0.25) is 5.91 Å². The number of carbonyl (C=O) groups is 2. The second kappa shape index (κ2) is 9.31. The van der Waals surface area contributed by atoms with Crippen LogP contribution < -0.4 is 10.1 Å². The molecule has 2 aromatic rings. The van der Waals surface area contributed by atoms with Crippen molar-refractivity contribution in [2.45, 2.75) is 13.5 Å². The molecule has 2 rings (SSSR count). The van der Waals surface area contributed by atoms with Gasteiger partial charge in [-0.3, -0.25) is 4.79 Å². The Labute approximate surface area is 176 Å². The molecule has 26 heavy (non-hydrogen) atoms. The number of hydrogen-bond donors (Lipinski definition) is 2. The highest BCUT2D eigenvalue weighted by Crippen LogP contribution is 2.30. The number of hydrogen-bond acceptors (Lipinski definition) is 3. The lowest BCUT2D eigenvalue weighted by Crippen LogP contribution is -2.24. The lowest BCUT2D eigenvalue weighted by Gasteiger charge is -2.12. The molecule has 0 aliphatic carbocycles. The molecule has 2 N–H and O–H groups in total. The molecule has 0 aliphatic heterocycles. The number of halogens is 3. The number of carbonyl (C=O) groups excluding carboxylic acids is 1. The molecular formula is C18H14FI2NO4. The van der Waals surface area contributed by atoms with Gasteiger partial charge in [0, 0.05) is 12.5 Å². The first kappa shape index (κ1) is 20.6. The van der Waals surface area contributed by atoms with Gasteiger partial charge in [-0.2, -0.15) is 0 Å². The van der Waals surface area contributed by atoms with E-state index >= 15 is 0 Å². The average molecular weight is 581 g/mol. The summed E-state index contributed by atoms with van der Waals surface area (Å²) >= 11 is 4.13. The molecule has 0 bridgehead atoms. The maximum absolute atomic E-state index is 13.7. The van der Waals surface area contributed by atoms with Crippen molar-refractivity contribution in [1.29, 1.82) is 0 Å². The Morgan fingerprint density at radius 3 is 2.38 bits per heavy atom. The van der Waals surface area contributed by atoms with Crippen LogP contribution in [0.2, 0.25) is 0 Å². The van der Waals surface area contributed by atoms with E-state index in [0.717, 1.165) is 7.14 Å². The van der Waals surface area contributed by atoms with E-state index < -0.39 is 11.9 Å². The molecule has 5 nitrogen and oxygen atoms in total. The first-order valence-electron chi connectivity index (χ1n) is 7.35. The van der Waals surface area contributed by atoms with Gasteiger partial charge < -0.3 is 15.2 Å². The van der Waals surface area contributed by atoms with Crippen LogP contribution in [0.5, 0.6) is 5.75 Å². The Bertz CT molecular complexity index is 860. The molecule has 0 fully saturated rings. The summed E-state index contributed by atoms with van der Waals surface area (Å²) in [6, 6.07) is 9.83. The largest absolute Gasteiger partial charge is 0.487 e. The second-order valence-electron chi connectivity index (χ2n) is 5.24. The summed E-state index contributed by atoms with van der Waals surface area (Å²) < 4.78 is 20.9. The number of carboxylic acids is 1. The van der Waals surface area contributed by atoms with E-state index in [9.17, 15) is 14.0 Å². The maximum Gasteiger partial charge on any atom is 0.352 e. The Morgan fingerprint density at radius 2 is 1.85 bits per heavy atom. The standard InChI is InChI=1S/C18H14FI2NO4/c1-10(23)22-16(18(24)25)8-11-6-14(20)17(15(21)7-11)26-9-12-4-2-3-5-13(12)19/h2-8H,9H2,1H3,(H,22,23)(H,24,25). The van der Waals surface area contributed by atoms with Gasteiger partial charge in [-0.25, -0.2) is 9.18 Å². The molecule has 0 atom stereocenters. The van der Waals surface area contributed by atoms with Crippen LogP contribution in [-0.4, -0.2) is 17.0 Å². The molecule has 136 valence electrons. The van der Waals surface area contributed by atoms with Crippen LogP contribution in [-0.2, 0) is 16.2 Å². The van der Waals surface area contributed by atoms with Gasteiger partial charge in [0.05, 0.1) is 7.14 Å². The van der Waals surface area contributed by atoms with Crippen LogP contribution in [0.4, 0.5) is 4.39 Å². The summed E-state index contributed by atoms with van der Waals surface area (Å²) in [4.78, 5) is 22.3. The zero-order valence-corrected chi connectivity index (χ0v) is 17.9. The molecule has 0 aromatic heterocycles. The van der Waals surface area contributed by atoms with E-state index in [2.05, 4.69) is 50.5 Å². The zero-order valence-electron chi connectivity index (χ0n) is 13.6. The molecule has 2 aromatic carbocycles. The highest BCUT2D eigenvalue weighted by atomic mass is 127. The van der Waals surface area contributed by atoms with Crippen molar-refractivity contribution < 1.29 is 23.8 Å². The molecule has 0 saturated carbocycles. The van der Waals surface area contributed by atoms with Crippen molar-refractivity contribution in [3.63, 3.8) is 0 Å². The third-order valence-corrected chi connectivity index (χ3v) is 4.81. The first-order valence-corrected chi connectivity index (χ1v) is 9.51. The first-order chi connectivity index (χ1) is 12.3. The third-order valence-electron chi connectivity index (χ3n) is 3.20. The fraction of sp³-hybridized carbons (Fsp3) is 0.111. The monoisotopic (exact) mass is 581 g/mol. The summed E-state index contributed by atoms with van der Waals surface area (Å²) in [5, 5.41) is 11.4. The van der Waals surface area contributed by atoms with Crippen LogP contribution in [0, 0.1) is 13.0 Å². The van der Waals surface area contributed by atoms with E-state index in [-0.39, 0.29) is 18.1 Å². The fourth-order valence-electron chi connectivity index (χ4n) is 2.07. The van der Waals surface area contributed by atoms with Crippen molar-refractivity contribution in [1.82, 2.24) is 5.32 Å². The number of amides is 1. The van der Waals surface area contributed by atoms with Crippen LogP contribution in [0.3, 0.4) is 0 Å². The van der Waals surface area contributed by atoms with Crippen LogP contribution in [0.25, 0.3) is 6.08 Å². The Morgan fingerprint density at radius 1 is 1.23 bits per heavy atom. The molecule has 1 amide bonds. The van der Waals surface area contributed by atoms with E-state index in [1.807, 2.05) is 0 Å². The normalized spacial score (nSPS) is 11.2. The predicted octanol–water partition coefficient (Wildman–Crippen LogP) is 4.18. The van der Waals surface area contributed by atoms with Crippen LogP contribution in [0.15, 0.2) is 42.1 Å². The van der Waals surface area contributed by atoms with Crippen molar-refractivity contribution in [2.75, 3.05) is 0 Å². The summed E-state index contributed by atoms with van der Waals surface area (Å²) in [6.45, 7) is 1.32. The highest BCUT2D eigenvalue weighted by molar-refractivity contribution is 14.1. The molecule has 0 heterocycles. The van der Waals surface area contributed by atoms with Crippen molar-refractivity contribution in [3.8, 4) is 5.75 Å². The summed E-state index contributed by atoms with van der Waals surface area (Å²) in [5.41, 5.74) is 0.828. The Hall–Kier alpha value is -1.69. The van der Waals surface area contributed by atoms with Gasteiger partial charge >= 0.3 is 5.97 Å².